The maximum Gasteiger partial charge on any atom is -0.0184 e. The van der Waals surface area contributed by atoms with Gasteiger partial charge in [0.25, 0.3) is 0 Å². The van der Waals surface area contributed by atoms with Crippen molar-refractivity contribution in [3.8, 4) is 22.3 Å². The quantitative estimate of drug-likeness (QED) is 0.364. The standard InChI is InChI=1S/2C14H14.H2O/c2*1-2-12-8-10-14(11-9-12)13-6-4-3-5-7-13;/h2*3-11H,2H2,1H3;1H2. The van der Waals surface area contributed by atoms with Crippen LogP contribution in [0.25, 0.3) is 22.3 Å². The molecule has 0 unspecified atom stereocenters. The first-order valence-corrected chi connectivity index (χ1v) is 10.1. The van der Waals surface area contributed by atoms with Gasteiger partial charge < -0.3 is 5.48 Å². The smallest absolute Gasteiger partial charge is 0.0184 e. The summed E-state index contributed by atoms with van der Waals surface area (Å²) in [4.78, 5) is 0. The van der Waals surface area contributed by atoms with E-state index in [1.165, 1.54) is 33.4 Å². The molecule has 0 aliphatic heterocycles. The van der Waals surface area contributed by atoms with Crippen molar-refractivity contribution in [1.29, 1.82) is 0 Å². The molecule has 0 aliphatic carbocycles. The van der Waals surface area contributed by atoms with Gasteiger partial charge in [-0.1, -0.05) is 123 Å². The summed E-state index contributed by atoms with van der Waals surface area (Å²) in [6.07, 6.45) is 2.21. The highest BCUT2D eigenvalue weighted by Gasteiger charge is 1.96. The topological polar surface area (TPSA) is 31.5 Å². The highest BCUT2D eigenvalue weighted by atomic mass is 16.0. The Labute approximate surface area is 175 Å². The van der Waals surface area contributed by atoms with E-state index >= 15 is 0 Å². The molecule has 148 valence electrons. The molecular formula is C28H30O. The summed E-state index contributed by atoms with van der Waals surface area (Å²) in [6, 6.07) is 38.5. The molecule has 0 saturated carbocycles. The van der Waals surface area contributed by atoms with Crippen molar-refractivity contribution >= 4 is 0 Å². The van der Waals surface area contributed by atoms with Crippen LogP contribution in [-0.4, -0.2) is 5.48 Å². The van der Waals surface area contributed by atoms with Gasteiger partial charge in [-0.2, -0.15) is 0 Å². The van der Waals surface area contributed by atoms with Crippen molar-refractivity contribution < 1.29 is 5.48 Å². The first-order valence-electron chi connectivity index (χ1n) is 10.1. The molecule has 0 aromatic heterocycles. The molecule has 0 saturated heterocycles. The Hall–Kier alpha value is -3.16. The Morgan fingerprint density at radius 1 is 0.379 bits per heavy atom. The normalized spacial score (nSPS) is 9.72. The van der Waals surface area contributed by atoms with Crippen LogP contribution in [0, 0.1) is 0 Å². The van der Waals surface area contributed by atoms with E-state index < -0.39 is 0 Å². The van der Waals surface area contributed by atoms with Gasteiger partial charge in [0.15, 0.2) is 0 Å². The van der Waals surface area contributed by atoms with Crippen LogP contribution in [0.3, 0.4) is 0 Å². The summed E-state index contributed by atoms with van der Waals surface area (Å²) < 4.78 is 0. The average molecular weight is 383 g/mol. The molecule has 4 rings (SSSR count). The minimum Gasteiger partial charge on any atom is -0.412 e. The van der Waals surface area contributed by atoms with Crippen molar-refractivity contribution in [2.24, 2.45) is 0 Å². The molecule has 0 spiro atoms. The fraction of sp³-hybridized carbons (Fsp3) is 0.143. The minimum absolute atomic E-state index is 0. The summed E-state index contributed by atoms with van der Waals surface area (Å²) in [6.45, 7) is 4.36. The molecule has 2 N–H and O–H groups in total. The maximum atomic E-state index is 2.20. The van der Waals surface area contributed by atoms with Crippen molar-refractivity contribution in [2.75, 3.05) is 0 Å². The predicted molar refractivity (Wildman–Crippen MR) is 126 cm³/mol. The molecule has 0 radical (unpaired) electrons. The van der Waals surface area contributed by atoms with Gasteiger partial charge in [-0.15, -0.1) is 0 Å². The van der Waals surface area contributed by atoms with E-state index in [0.717, 1.165) is 12.8 Å². The van der Waals surface area contributed by atoms with Crippen molar-refractivity contribution in [3.63, 3.8) is 0 Å². The highest BCUT2D eigenvalue weighted by Crippen LogP contribution is 2.20. The lowest BCUT2D eigenvalue weighted by molar-refractivity contribution is 0.824. The average Bonchev–Trinajstić information content (AvgIpc) is 2.81. The minimum atomic E-state index is 0. The van der Waals surface area contributed by atoms with Gasteiger partial charge >= 0.3 is 0 Å². The van der Waals surface area contributed by atoms with Crippen LogP contribution in [-0.2, 0) is 12.8 Å². The van der Waals surface area contributed by atoms with Gasteiger partial charge in [0.1, 0.15) is 0 Å². The summed E-state index contributed by atoms with van der Waals surface area (Å²) >= 11 is 0. The molecule has 0 aliphatic rings. The largest absolute Gasteiger partial charge is 0.412 e. The van der Waals surface area contributed by atoms with Crippen LogP contribution in [0.15, 0.2) is 109 Å². The van der Waals surface area contributed by atoms with E-state index in [4.69, 9.17) is 0 Å². The van der Waals surface area contributed by atoms with Gasteiger partial charge in [-0.05, 0) is 46.2 Å². The molecule has 0 heterocycles. The Bertz CT molecular complexity index is 858. The zero-order valence-electron chi connectivity index (χ0n) is 17.3. The zero-order chi connectivity index (χ0) is 19.6. The monoisotopic (exact) mass is 382 g/mol. The molecule has 0 fully saturated rings. The molecule has 1 nitrogen and oxygen atoms in total. The van der Waals surface area contributed by atoms with Crippen LogP contribution in [0.1, 0.15) is 25.0 Å². The predicted octanol–water partition coefficient (Wildman–Crippen LogP) is 7.01. The fourth-order valence-corrected chi connectivity index (χ4v) is 3.13. The number of hydrogen-bond donors (Lipinski definition) is 0. The number of benzene rings is 4. The Morgan fingerprint density at radius 2 is 0.655 bits per heavy atom. The molecule has 0 atom stereocenters. The maximum absolute atomic E-state index is 2.20. The van der Waals surface area contributed by atoms with Crippen LogP contribution >= 0.6 is 0 Å². The van der Waals surface area contributed by atoms with E-state index in [0.29, 0.717) is 0 Å². The van der Waals surface area contributed by atoms with Gasteiger partial charge in [0.05, 0.1) is 0 Å². The summed E-state index contributed by atoms with van der Waals surface area (Å²) in [5.74, 6) is 0. The SMILES string of the molecule is CCc1ccc(-c2ccccc2)cc1.CCc1ccc(-c2ccccc2)cc1.O. The summed E-state index contributed by atoms with van der Waals surface area (Å²) in [5, 5.41) is 0. The van der Waals surface area contributed by atoms with Gasteiger partial charge in [-0.25, -0.2) is 0 Å². The first-order chi connectivity index (χ1) is 13.8. The van der Waals surface area contributed by atoms with E-state index in [2.05, 4.69) is 111 Å². The molecule has 1 heteroatoms. The van der Waals surface area contributed by atoms with Gasteiger partial charge in [0.2, 0.25) is 0 Å². The second-order valence-electron chi connectivity index (χ2n) is 6.83. The number of rotatable bonds is 4. The Kier molecular flexibility index (Phi) is 8.88. The molecule has 4 aromatic rings. The lowest BCUT2D eigenvalue weighted by Crippen LogP contribution is -1.80. The van der Waals surface area contributed by atoms with E-state index in [1.54, 1.807) is 0 Å². The first kappa shape index (κ1) is 22.1. The van der Waals surface area contributed by atoms with E-state index in [-0.39, 0.29) is 5.48 Å². The Morgan fingerprint density at radius 3 is 0.931 bits per heavy atom. The molecular weight excluding hydrogens is 352 g/mol. The number of aryl methyl sites for hydroxylation is 2. The second-order valence-corrected chi connectivity index (χ2v) is 6.83. The highest BCUT2D eigenvalue weighted by molar-refractivity contribution is 5.64. The lowest BCUT2D eigenvalue weighted by atomic mass is 10.0. The fourth-order valence-electron chi connectivity index (χ4n) is 3.13. The van der Waals surface area contributed by atoms with Crippen LogP contribution < -0.4 is 0 Å². The molecule has 29 heavy (non-hydrogen) atoms. The third-order valence-corrected chi connectivity index (χ3v) is 4.94. The Balaban J connectivity index is 0.000000200. The van der Waals surface area contributed by atoms with E-state index in [1.807, 2.05) is 12.1 Å². The van der Waals surface area contributed by atoms with Gasteiger partial charge in [0, 0.05) is 0 Å². The van der Waals surface area contributed by atoms with Crippen molar-refractivity contribution in [2.45, 2.75) is 26.7 Å². The summed E-state index contributed by atoms with van der Waals surface area (Å²) in [5.41, 5.74) is 7.95. The third kappa shape index (κ3) is 6.44. The molecule has 0 bridgehead atoms. The van der Waals surface area contributed by atoms with Crippen molar-refractivity contribution in [1.82, 2.24) is 0 Å². The summed E-state index contributed by atoms with van der Waals surface area (Å²) in [7, 11) is 0. The lowest BCUT2D eigenvalue weighted by Gasteiger charge is -2.02. The van der Waals surface area contributed by atoms with Crippen molar-refractivity contribution in [3.05, 3.63) is 120 Å². The molecule has 4 aromatic carbocycles. The van der Waals surface area contributed by atoms with Crippen LogP contribution in [0.5, 0.6) is 0 Å². The number of hydrogen-bond acceptors (Lipinski definition) is 0. The zero-order valence-corrected chi connectivity index (χ0v) is 17.3. The van der Waals surface area contributed by atoms with Crippen LogP contribution in [0.2, 0.25) is 0 Å². The van der Waals surface area contributed by atoms with E-state index in [9.17, 15) is 0 Å². The van der Waals surface area contributed by atoms with Crippen LogP contribution in [0.4, 0.5) is 0 Å². The van der Waals surface area contributed by atoms with Gasteiger partial charge in [-0.3, -0.25) is 0 Å². The second kappa shape index (κ2) is 11.6. The third-order valence-electron chi connectivity index (χ3n) is 4.94. The molecule has 0 amide bonds.